The van der Waals surface area contributed by atoms with Gasteiger partial charge in [-0.25, -0.2) is 4.79 Å². The highest BCUT2D eigenvalue weighted by molar-refractivity contribution is 6.33. The molecule has 1 unspecified atom stereocenters. The van der Waals surface area contributed by atoms with E-state index in [1.165, 1.54) is 0 Å². The molecular weight excluding hydrogens is 439 g/mol. The van der Waals surface area contributed by atoms with E-state index in [0.717, 1.165) is 5.70 Å². The Labute approximate surface area is 192 Å². The summed E-state index contributed by atoms with van der Waals surface area (Å²) in [6.07, 6.45) is 1.02. The van der Waals surface area contributed by atoms with Crippen LogP contribution in [0, 0.1) is 5.41 Å². The number of allylic oxidation sites excluding steroid dienone is 2. The molecule has 31 heavy (non-hydrogen) atoms. The third-order valence-corrected chi connectivity index (χ3v) is 5.98. The summed E-state index contributed by atoms with van der Waals surface area (Å²) in [7, 11) is 0. The lowest BCUT2D eigenvalue weighted by Gasteiger charge is -2.40. The summed E-state index contributed by atoms with van der Waals surface area (Å²) in [4.78, 5) is 26.4. The van der Waals surface area contributed by atoms with E-state index in [1.54, 1.807) is 25.1 Å². The van der Waals surface area contributed by atoms with Crippen LogP contribution >= 0.6 is 23.2 Å². The number of rotatable bonds is 7. The Morgan fingerprint density at radius 2 is 2.03 bits per heavy atom. The van der Waals surface area contributed by atoms with Gasteiger partial charge in [-0.15, -0.1) is 0 Å². The highest BCUT2D eigenvalue weighted by atomic mass is 35.5. The molecule has 8 heteroatoms. The van der Waals surface area contributed by atoms with E-state index in [2.05, 4.69) is 5.32 Å². The van der Waals surface area contributed by atoms with Crippen molar-refractivity contribution >= 4 is 35.0 Å². The van der Waals surface area contributed by atoms with Gasteiger partial charge < -0.3 is 20.5 Å². The van der Waals surface area contributed by atoms with Crippen LogP contribution in [0.3, 0.4) is 0 Å². The molecule has 0 aromatic heterocycles. The van der Waals surface area contributed by atoms with Crippen molar-refractivity contribution in [3.63, 3.8) is 0 Å². The van der Waals surface area contributed by atoms with Crippen molar-refractivity contribution in [1.29, 1.82) is 0 Å². The highest BCUT2D eigenvalue weighted by Gasteiger charge is 2.44. The van der Waals surface area contributed by atoms with Crippen molar-refractivity contribution in [3.05, 3.63) is 56.3 Å². The third kappa shape index (κ3) is 5.14. The lowest BCUT2D eigenvalue weighted by Crippen LogP contribution is -2.40. The van der Waals surface area contributed by atoms with E-state index < -0.39 is 11.9 Å². The van der Waals surface area contributed by atoms with Crippen LogP contribution in [0.2, 0.25) is 10.0 Å². The number of esters is 1. The zero-order chi connectivity index (χ0) is 22.8. The summed E-state index contributed by atoms with van der Waals surface area (Å²) in [6.45, 7) is 6.85. The van der Waals surface area contributed by atoms with Gasteiger partial charge in [0, 0.05) is 40.2 Å². The molecule has 6 nitrogen and oxygen atoms in total. The number of hydrogen-bond donors (Lipinski definition) is 2. The van der Waals surface area contributed by atoms with Crippen molar-refractivity contribution in [1.82, 2.24) is 5.32 Å². The van der Waals surface area contributed by atoms with Gasteiger partial charge in [0.2, 0.25) is 0 Å². The second-order valence-electron chi connectivity index (χ2n) is 8.51. The Bertz CT molecular complexity index is 953. The van der Waals surface area contributed by atoms with Crippen molar-refractivity contribution in [3.8, 4) is 0 Å². The number of hydrogen-bond acceptors (Lipinski definition) is 6. The normalized spacial score (nSPS) is 20.5. The summed E-state index contributed by atoms with van der Waals surface area (Å²) < 4.78 is 11.0. The van der Waals surface area contributed by atoms with Gasteiger partial charge >= 0.3 is 5.97 Å². The predicted octanol–water partition coefficient (Wildman–Crippen LogP) is 4.12. The number of benzene rings is 1. The maximum Gasteiger partial charge on any atom is 0.336 e. The topological polar surface area (TPSA) is 90.7 Å². The van der Waals surface area contributed by atoms with Gasteiger partial charge in [-0.05, 0) is 42.5 Å². The second kappa shape index (κ2) is 9.74. The maximum atomic E-state index is 13.3. The summed E-state index contributed by atoms with van der Waals surface area (Å²) in [5.41, 5.74) is 8.13. The highest BCUT2D eigenvalue weighted by Crippen LogP contribution is 2.48. The third-order valence-electron chi connectivity index (χ3n) is 5.40. The molecule has 0 saturated heterocycles. The fourth-order valence-corrected chi connectivity index (χ4v) is 4.62. The van der Waals surface area contributed by atoms with Crippen LogP contribution in [0.25, 0.3) is 0 Å². The van der Waals surface area contributed by atoms with Crippen molar-refractivity contribution in [2.75, 3.05) is 26.4 Å². The molecule has 0 fully saturated rings. The lowest BCUT2D eigenvalue weighted by atomic mass is 9.68. The second-order valence-corrected chi connectivity index (χ2v) is 9.35. The largest absolute Gasteiger partial charge is 0.463 e. The van der Waals surface area contributed by atoms with Crippen LogP contribution in [0.5, 0.6) is 0 Å². The quantitative estimate of drug-likeness (QED) is 0.463. The van der Waals surface area contributed by atoms with E-state index in [1.807, 2.05) is 13.8 Å². The molecule has 3 rings (SSSR count). The van der Waals surface area contributed by atoms with Gasteiger partial charge in [-0.3, -0.25) is 4.79 Å². The van der Waals surface area contributed by atoms with Crippen molar-refractivity contribution in [2.45, 2.75) is 39.5 Å². The van der Waals surface area contributed by atoms with Gasteiger partial charge in [-0.1, -0.05) is 37.0 Å². The van der Waals surface area contributed by atoms with Gasteiger partial charge in [0.1, 0.15) is 0 Å². The fourth-order valence-electron chi connectivity index (χ4n) is 4.22. The smallest absolute Gasteiger partial charge is 0.336 e. The minimum absolute atomic E-state index is 0.0245. The Morgan fingerprint density at radius 1 is 1.29 bits per heavy atom. The van der Waals surface area contributed by atoms with Gasteiger partial charge in [0.05, 0.1) is 31.1 Å². The molecule has 1 atom stereocenters. The molecule has 168 valence electrons. The zero-order valence-electron chi connectivity index (χ0n) is 18.0. The number of Topliss-reactive ketones (excluding diaryl/α,β-unsaturated/α-hetero) is 1. The molecule has 0 saturated carbocycles. The van der Waals surface area contributed by atoms with E-state index >= 15 is 0 Å². The van der Waals surface area contributed by atoms with E-state index in [0.29, 0.717) is 58.4 Å². The average Bonchev–Trinajstić information content (AvgIpc) is 2.68. The molecule has 1 aromatic rings. The first-order valence-corrected chi connectivity index (χ1v) is 11.1. The first kappa shape index (κ1) is 23.8. The van der Waals surface area contributed by atoms with Gasteiger partial charge in [0.25, 0.3) is 0 Å². The lowest BCUT2D eigenvalue weighted by molar-refractivity contribution is -0.139. The molecule has 0 amide bonds. The minimum atomic E-state index is -0.693. The van der Waals surface area contributed by atoms with Crippen LogP contribution in [0.15, 0.2) is 40.7 Å². The Balaban J connectivity index is 2.23. The van der Waals surface area contributed by atoms with Gasteiger partial charge in [0.15, 0.2) is 5.78 Å². The molecule has 2 aliphatic rings. The first-order chi connectivity index (χ1) is 14.7. The SMILES string of the molecule is CCOC(=O)C1=C(COCCN)NC2=C(C(=O)CC(C)(C)C2)C1c1cc(Cl)ccc1Cl. The summed E-state index contributed by atoms with van der Waals surface area (Å²) in [6, 6.07) is 5.05. The number of dihydropyridines is 1. The van der Waals surface area contributed by atoms with Crippen molar-refractivity contribution < 1.29 is 19.1 Å². The van der Waals surface area contributed by atoms with Crippen molar-refractivity contribution in [2.24, 2.45) is 11.1 Å². The number of nitrogens with one attached hydrogen (secondary N) is 1. The molecule has 0 bridgehead atoms. The minimum Gasteiger partial charge on any atom is -0.463 e. The van der Waals surface area contributed by atoms with Crippen LogP contribution in [0.1, 0.15) is 45.1 Å². The van der Waals surface area contributed by atoms with Crippen LogP contribution in [-0.4, -0.2) is 38.1 Å². The van der Waals surface area contributed by atoms with E-state index in [-0.39, 0.29) is 24.4 Å². The van der Waals surface area contributed by atoms with Crippen LogP contribution in [-0.2, 0) is 19.1 Å². The zero-order valence-corrected chi connectivity index (χ0v) is 19.5. The number of halogens is 2. The molecule has 1 heterocycles. The average molecular weight is 467 g/mol. The monoisotopic (exact) mass is 466 g/mol. The van der Waals surface area contributed by atoms with Crippen LogP contribution < -0.4 is 11.1 Å². The number of carbonyl (C=O) groups excluding carboxylic acids is 2. The Kier molecular flexibility index (Phi) is 7.47. The fraction of sp³-hybridized carbons (Fsp3) is 0.478. The molecule has 1 aromatic carbocycles. The maximum absolute atomic E-state index is 13.3. The van der Waals surface area contributed by atoms with E-state index in [9.17, 15) is 9.59 Å². The summed E-state index contributed by atoms with van der Waals surface area (Å²) in [5, 5.41) is 4.21. The molecule has 1 aliphatic carbocycles. The molecule has 0 radical (unpaired) electrons. The number of nitrogens with two attached hydrogens (primary N) is 1. The molecule has 1 aliphatic heterocycles. The summed E-state index contributed by atoms with van der Waals surface area (Å²) >= 11 is 12.8. The predicted molar refractivity (Wildman–Crippen MR) is 121 cm³/mol. The number of carbonyl (C=O) groups is 2. The number of ketones is 1. The number of ether oxygens (including phenoxy) is 2. The molecular formula is C23H28Cl2N2O4. The Morgan fingerprint density at radius 3 is 2.71 bits per heavy atom. The summed E-state index contributed by atoms with van der Waals surface area (Å²) in [5.74, 6) is -1.24. The van der Waals surface area contributed by atoms with Crippen LogP contribution in [0.4, 0.5) is 0 Å². The standard InChI is InChI=1S/C23H28Cl2N2O4/c1-4-31-22(29)21-17(12-30-8-7-26)27-16-10-23(2,3)11-18(28)20(16)19(21)14-9-13(24)5-6-15(14)25/h5-6,9,19,27H,4,7-8,10-12,26H2,1-3H3. The van der Waals surface area contributed by atoms with Gasteiger partial charge in [-0.2, -0.15) is 0 Å². The molecule has 0 spiro atoms. The molecule has 3 N–H and O–H groups in total. The van der Waals surface area contributed by atoms with E-state index in [4.69, 9.17) is 38.4 Å². The Hall–Kier alpha value is -1.86. The first-order valence-electron chi connectivity index (χ1n) is 10.3.